The van der Waals surface area contributed by atoms with Gasteiger partial charge in [-0.2, -0.15) is 12.7 Å². The molecule has 7 fully saturated rings. The third kappa shape index (κ3) is 8.18. The molecule has 2 N–H and O–H groups in total. The summed E-state index contributed by atoms with van der Waals surface area (Å²) in [6, 6.07) is -5.10. The van der Waals surface area contributed by atoms with Gasteiger partial charge < -0.3 is 10.2 Å². The second-order valence-electron chi connectivity index (χ2n) is 21.4. The lowest BCUT2D eigenvalue weighted by atomic mass is 9.73. The first kappa shape index (κ1) is 34.0. The maximum absolute atomic E-state index is 15.6. The Morgan fingerprint density at radius 1 is 0.967 bits per heavy atom. The molecule has 2 unspecified atom stereocenters. The molecule has 0 aromatic heterocycles. The van der Waals surface area contributed by atoms with E-state index < -0.39 is 129 Å². The van der Waals surface area contributed by atoms with E-state index in [9.17, 15) is 18.0 Å². The molecular formula is C48H79N5O7S. The van der Waals surface area contributed by atoms with Crippen LogP contribution >= 0.6 is 0 Å². The fraction of sp³-hybridized carbons (Fsp3) is 0.896. The number of fused-ring (bicyclic) bond motifs is 1. The average Bonchev–Trinajstić information content (AvgIpc) is 3.96. The highest BCUT2D eigenvalue weighted by atomic mass is 32.2. The zero-order valence-corrected chi connectivity index (χ0v) is 38.6. The summed E-state index contributed by atoms with van der Waals surface area (Å²) in [5.41, 5.74) is -3.42. The van der Waals surface area contributed by atoms with Crippen LogP contribution < -0.4 is 10.0 Å². The summed E-state index contributed by atoms with van der Waals surface area (Å²) in [7, 11) is -5.53. The number of likely N-dealkylation sites (tertiary alicyclic amines) is 2. The summed E-state index contributed by atoms with van der Waals surface area (Å²) in [6.45, 7) is 4.24. The Kier molecular flexibility index (Phi) is 9.42. The number of piperidine rings is 1. The highest BCUT2D eigenvalue weighted by molar-refractivity contribution is 7.87. The first-order valence-electron chi connectivity index (χ1n) is 28.5. The van der Waals surface area contributed by atoms with Crippen molar-refractivity contribution in [2.75, 3.05) is 26.1 Å². The molecule has 4 aliphatic carbocycles. The molecule has 3 heterocycles. The highest BCUT2D eigenvalue weighted by Gasteiger charge is 2.85. The van der Waals surface area contributed by atoms with E-state index in [0.717, 1.165) is 45.4 Å². The number of Topliss-reactive ketones (excluding diaryl/α,β-unsaturated/α-hetero) is 2. The van der Waals surface area contributed by atoms with Crippen molar-refractivity contribution in [3.05, 3.63) is 0 Å². The molecule has 0 bridgehead atoms. The first-order valence-corrected chi connectivity index (χ1v) is 24.5. The van der Waals surface area contributed by atoms with Crippen LogP contribution in [0.25, 0.3) is 0 Å². The van der Waals surface area contributed by atoms with Gasteiger partial charge in [0, 0.05) is 64.8 Å². The lowest BCUT2D eigenvalue weighted by molar-refractivity contribution is -0.147. The van der Waals surface area contributed by atoms with Gasteiger partial charge in [-0.15, -0.1) is 0 Å². The van der Waals surface area contributed by atoms with Crippen LogP contribution in [0.2, 0.25) is 0 Å². The summed E-state index contributed by atoms with van der Waals surface area (Å²) < 4.78 is 121. The maximum Gasteiger partial charge on any atom is 0.303 e. The zero-order chi connectivity index (χ0) is 54.2. The molecule has 0 aromatic rings. The lowest BCUT2D eigenvalue weighted by Crippen LogP contribution is -2.57. The Morgan fingerprint density at radius 3 is 2.21 bits per heavy atom. The maximum atomic E-state index is 15.6. The normalized spacial score (nSPS) is 41.1. The van der Waals surface area contributed by atoms with Crippen molar-refractivity contribution < 1.29 is 47.5 Å². The van der Waals surface area contributed by atoms with Gasteiger partial charge in [-0.3, -0.25) is 28.9 Å². The van der Waals surface area contributed by atoms with Gasteiger partial charge in [-0.05, 0) is 112 Å². The molecule has 12 nitrogen and oxygen atoms in total. The number of nitrogens with zero attached hydrogens (tertiary/aromatic N) is 3. The molecule has 7 aliphatic rings. The minimum Gasteiger partial charge on any atom is -0.345 e. The van der Waals surface area contributed by atoms with E-state index in [2.05, 4.69) is 19.2 Å². The van der Waals surface area contributed by atoms with Crippen LogP contribution in [-0.2, 0) is 34.2 Å². The van der Waals surface area contributed by atoms with Gasteiger partial charge in [-0.25, -0.2) is 4.72 Å². The number of hydrogen-bond acceptors (Lipinski definition) is 8. The van der Waals surface area contributed by atoms with Crippen LogP contribution in [0.1, 0.15) is 186 Å². The number of nitrogens with one attached hydrogen (secondary N) is 2. The van der Waals surface area contributed by atoms with Crippen LogP contribution in [0.15, 0.2) is 0 Å². The van der Waals surface area contributed by atoms with Crippen molar-refractivity contribution in [1.82, 2.24) is 24.1 Å². The lowest BCUT2D eigenvalue weighted by Gasteiger charge is -2.40. The van der Waals surface area contributed by atoms with Gasteiger partial charge in [0.2, 0.25) is 17.7 Å². The Morgan fingerprint density at radius 2 is 1.66 bits per heavy atom. The molecule has 7 rings (SSSR count). The Hall–Kier alpha value is -2.38. The van der Waals surface area contributed by atoms with Crippen molar-refractivity contribution in [3.8, 4) is 0 Å². The summed E-state index contributed by atoms with van der Waals surface area (Å²) >= 11 is 0. The van der Waals surface area contributed by atoms with Gasteiger partial charge >= 0.3 is 10.2 Å². The minimum absolute atomic E-state index is 0.0534. The SMILES string of the molecule is [2H]C([2H])([2H])C([2H])(C)N1CCCC[C@H]1C(=O)N[C@H](C(=O)C[C@H](C(=O)N1C[C@]2(C[C@H]1C(=O)C[C@]1(C(=O)NS(=O)(=O)N3C([2H])([2H])C([2H])([2H])C([2H])(C)C3([2H])[2H])C[C@H]1CC)C(C)(C)C21CCC1)C(C)(C)C)C1CCCCC1. The van der Waals surface area contributed by atoms with Gasteiger partial charge in [0.1, 0.15) is 0 Å². The van der Waals surface area contributed by atoms with E-state index in [1.807, 2.05) is 20.8 Å². The minimum atomic E-state index is -5.53. The molecule has 0 radical (unpaired) electrons. The second kappa shape index (κ2) is 16.9. The molecule has 13 heteroatoms. The molecule has 3 saturated heterocycles. The van der Waals surface area contributed by atoms with Crippen LogP contribution in [-0.4, -0.2) is 102 Å². The number of rotatable bonds is 15. The number of carbonyl (C=O) groups is 5. The van der Waals surface area contributed by atoms with Gasteiger partial charge in [0.25, 0.3) is 0 Å². The van der Waals surface area contributed by atoms with E-state index in [-0.39, 0.29) is 54.9 Å². The average molecular weight is 881 g/mol. The Balaban J connectivity index is 1.17. The third-order valence-electron chi connectivity index (χ3n) is 17.0. The monoisotopic (exact) mass is 881 g/mol. The van der Waals surface area contributed by atoms with Crippen LogP contribution in [0.3, 0.4) is 0 Å². The van der Waals surface area contributed by atoms with Crippen molar-refractivity contribution in [2.24, 2.45) is 50.7 Å². The molecule has 61 heavy (non-hydrogen) atoms. The van der Waals surface area contributed by atoms with Crippen molar-refractivity contribution >= 4 is 39.5 Å². The summed E-state index contributed by atoms with van der Waals surface area (Å²) in [5, 5.41) is 3.04. The van der Waals surface area contributed by atoms with Gasteiger partial charge in [0.15, 0.2) is 11.6 Å². The highest BCUT2D eigenvalue weighted by Crippen LogP contribution is 2.88. The Bertz CT molecular complexity index is 2290. The fourth-order valence-corrected chi connectivity index (χ4v) is 13.8. The van der Waals surface area contributed by atoms with E-state index in [0.29, 0.717) is 38.5 Å². The molecule has 4 saturated carbocycles. The van der Waals surface area contributed by atoms with Crippen LogP contribution in [0.5, 0.6) is 0 Å². The number of amides is 3. The van der Waals surface area contributed by atoms with Gasteiger partial charge in [0.05, 0.1) is 23.5 Å². The topological polar surface area (TPSA) is 153 Å². The second-order valence-corrected chi connectivity index (χ2v) is 22.9. The third-order valence-corrected chi connectivity index (χ3v) is 18.1. The predicted molar refractivity (Wildman–Crippen MR) is 236 cm³/mol. The summed E-state index contributed by atoms with van der Waals surface area (Å²) in [4.78, 5) is 77.5. The number of hydrogen-bond donors (Lipinski definition) is 2. The van der Waals surface area contributed by atoms with Crippen molar-refractivity contribution in [2.45, 2.75) is 195 Å². The molecule has 3 aliphatic heterocycles. The number of carbonyl (C=O) groups excluding carboxylic acids is 5. The zero-order valence-electron chi connectivity index (χ0n) is 48.8. The molecule has 0 aromatic carbocycles. The van der Waals surface area contributed by atoms with E-state index >= 15 is 14.4 Å². The van der Waals surface area contributed by atoms with Crippen molar-refractivity contribution in [3.63, 3.8) is 0 Å². The standard InChI is InChI=1S/C48H79N5O7S/c1-10-34-26-46(34,43(58)50-61(59,60)51-24-20-32(4)29-51)28-39(55)37-27-48(45(8,9)47(48)21-16-22-47)30-53(37)42(57)35(44(5,6)7)25-38(54)40(33-17-12-11-13-18-33)49-41(56)36-19-14-15-23-52(36)31(2)3/h31-37,40H,10-30H2,1-9H3,(H,49,56)(H,50,58)/t32?,34-,35-,36+,37+,40+,46-,48-/m1/s1/i2D3,20D2,24D2,29D2,31D,32D/t31?,32?,34-,35-,36+,37+,40+,46-,48-. The largest absolute Gasteiger partial charge is 0.345 e. The summed E-state index contributed by atoms with van der Waals surface area (Å²) in [6.07, 6.45) is 4.75. The quantitative estimate of drug-likeness (QED) is 0.182. The van der Waals surface area contributed by atoms with Crippen LogP contribution in [0, 0.1) is 50.7 Å². The molecular weight excluding hydrogens is 791 g/mol. The molecule has 3 amide bonds. The summed E-state index contributed by atoms with van der Waals surface area (Å²) in [5.74, 6) is -7.73. The Labute approximate surface area is 382 Å². The first-order chi connectivity index (χ1) is 32.7. The van der Waals surface area contributed by atoms with E-state index in [4.69, 9.17) is 15.1 Å². The van der Waals surface area contributed by atoms with E-state index in [1.54, 1.807) is 16.5 Å². The molecule has 344 valence electrons. The number of ketones is 2. The molecule has 9 atom stereocenters. The van der Waals surface area contributed by atoms with Crippen molar-refractivity contribution in [1.29, 1.82) is 0 Å². The van der Waals surface area contributed by atoms with Gasteiger partial charge in [-0.1, -0.05) is 87.0 Å². The fourth-order valence-electron chi connectivity index (χ4n) is 12.8. The van der Waals surface area contributed by atoms with E-state index in [1.165, 1.54) is 11.8 Å². The van der Waals surface area contributed by atoms with Crippen LogP contribution in [0.4, 0.5) is 0 Å². The smallest absolute Gasteiger partial charge is 0.303 e. The molecule has 2 spiro atoms. The predicted octanol–water partition coefficient (Wildman–Crippen LogP) is 6.81.